The van der Waals surface area contributed by atoms with Gasteiger partial charge in [-0.05, 0) is 12.8 Å². The van der Waals surface area contributed by atoms with Crippen LogP contribution in [0.5, 0.6) is 0 Å². The largest absolute Gasteiger partial charge is 0.232 e. The third-order valence-corrected chi connectivity index (χ3v) is 2.83. The van der Waals surface area contributed by atoms with Crippen LogP contribution in [-0.4, -0.2) is 21.6 Å². The second kappa shape index (κ2) is 2.86. The Balaban J connectivity index is 2.56. The molecule has 60 valence electrons. The van der Waals surface area contributed by atoms with Gasteiger partial charge in [-0.15, -0.1) is 0 Å². The predicted molar refractivity (Wildman–Crippen MR) is 40.5 cm³/mol. The SMILES string of the molecule is N=S(N)(=O)N1CCCCC1. The second-order valence-electron chi connectivity index (χ2n) is 2.56. The molecule has 0 amide bonds. The van der Waals surface area contributed by atoms with E-state index in [-0.39, 0.29) is 0 Å². The molecule has 0 radical (unpaired) electrons. The van der Waals surface area contributed by atoms with Gasteiger partial charge in [0.05, 0.1) is 0 Å². The van der Waals surface area contributed by atoms with Crippen molar-refractivity contribution in [1.82, 2.24) is 4.31 Å². The standard InChI is InChI=1S/C5H13N3OS/c6-10(7,9)8-4-2-1-3-5-8/h1-5H2,(H3,6,7,9). The topological polar surface area (TPSA) is 70.2 Å². The first-order valence-electron chi connectivity index (χ1n) is 3.42. The molecule has 1 rings (SSSR count). The Morgan fingerprint density at radius 3 is 2.10 bits per heavy atom. The molecular weight excluding hydrogens is 150 g/mol. The predicted octanol–water partition coefficient (Wildman–Crippen LogP) is 0.308. The van der Waals surface area contributed by atoms with E-state index in [9.17, 15) is 4.21 Å². The summed E-state index contributed by atoms with van der Waals surface area (Å²) in [5.41, 5.74) is 0. The molecule has 0 aromatic rings. The highest BCUT2D eigenvalue weighted by Crippen LogP contribution is 2.10. The van der Waals surface area contributed by atoms with Crippen molar-refractivity contribution in [3.8, 4) is 0 Å². The highest BCUT2D eigenvalue weighted by atomic mass is 32.2. The van der Waals surface area contributed by atoms with Crippen LogP contribution in [0.1, 0.15) is 19.3 Å². The van der Waals surface area contributed by atoms with Crippen LogP contribution in [0.25, 0.3) is 0 Å². The van der Waals surface area contributed by atoms with Crippen LogP contribution >= 0.6 is 0 Å². The number of nitrogens with two attached hydrogens (primary N) is 1. The third kappa shape index (κ3) is 1.93. The maximum atomic E-state index is 10.9. The van der Waals surface area contributed by atoms with Crippen LogP contribution in [-0.2, 0) is 10.1 Å². The van der Waals surface area contributed by atoms with Crippen molar-refractivity contribution in [2.24, 2.45) is 5.14 Å². The van der Waals surface area contributed by atoms with Gasteiger partial charge in [-0.25, -0.2) is 18.4 Å². The highest BCUT2D eigenvalue weighted by molar-refractivity contribution is 7.87. The van der Waals surface area contributed by atoms with Crippen LogP contribution in [0.15, 0.2) is 0 Å². The van der Waals surface area contributed by atoms with E-state index in [1.54, 1.807) is 4.31 Å². The Kier molecular flexibility index (Phi) is 2.28. The van der Waals surface area contributed by atoms with Crippen molar-refractivity contribution < 1.29 is 4.21 Å². The van der Waals surface area contributed by atoms with E-state index in [0.717, 1.165) is 25.9 Å². The molecule has 1 unspecified atom stereocenters. The maximum Gasteiger partial charge on any atom is 0.169 e. The molecule has 0 aromatic heterocycles. The number of piperidine rings is 1. The van der Waals surface area contributed by atoms with Gasteiger partial charge in [0.1, 0.15) is 0 Å². The summed E-state index contributed by atoms with van der Waals surface area (Å²) in [7, 11) is -2.89. The summed E-state index contributed by atoms with van der Waals surface area (Å²) in [4.78, 5) is 0. The summed E-state index contributed by atoms with van der Waals surface area (Å²) in [6, 6.07) is 0. The minimum absolute atomic E-state index is 0.721. The Labute approximate surface area is 61.6 Å². The van der Waals surface area contributed by atoms with Crippen LogP contribution in [0.3, 0.4) is 0 Å². The van der Waals surface area contributed by atoms with E-state index in [1.165, 1.54) is 6.42 Å². The summed E-state index contributed by atoms with van der Waals surface area (Å²) < 4.78 is 19.5. The van der Waals surface area contributed by atoms with Crippen molar-refractivity contribution in [3.63, 3.8) is 0 Å². The average Bonchev–Trinajstić information content (AvgIpc) is 1.88. The first kappa shape index (κ1) is 7.97. The second-order valence-corrected chi connectivity index (χ2v) is 4.21. The van der Waals surface area contributed by atoms with E-state index in [4.69, 9.17) is 9.92 Å². The molecule has 4 nitrogen and oxygen atoms in total. The average molecular weight is 163 g/mol. The zero-order valence-electron chi connectivity index (χ0n) is 5.88. The molecule has 1 aliphatic rings. The Morgan fingerprint density at radius 1 is 1.30 bits per heavy atom. The number of nitrogens with one attached hydrogen (secondary N) is 1. The van der Waals surface area contributed by atoms with Gasteiger partial charge in [-0.3, -0.25) is 0 Å². The van der Waals surface area contributed by atoms with Gasteiger partial charge in [0.2, 0.25) is 0 Å². The minimum Gasteiger partial charge on any atom is -0.232 e. The number of hydrogen-bond donors (Lipinski definition) is 2. The molecule has 0 saturated carbocycles. The van der Waals surface area contributed by atoms with Crippen LogP contribution in [0, 0.1) is 4.78 Å². The molecule has 3 N–H and O–H groups in total. The van der Waals surface area contributed by atoms with Crippen molar-refractivity contribution in [1.29, 1.82) is 4.78 Å². The molecule has 0 aliphatic carbocycles. The summed E-state index contributed by atoms with van der Waals surface area (Å²) >= 11 is 0. The summed E-state index contributed by atoms with van der Waals surface area (Å²) in [5.74, 6) is 0. The molecule has 0 bridgehead atoms. The summed E-state index contributed by atoms with van der Waals surface area (Å²) in [6.07, 6.45) is 3.21. The molecule has 5 heteroatoms. The quantitative estimate of drug-likeness (QED) is 0.573. The Morgan fingerprint density at radius 2 is 1.80 bits per heavy atom. The molecule has 0 aromatic carbocycles. The molecule has 1 aliphatic heterocycles. The van der Waals surface area contributed by atoms with Gasteiger partial charge in [0.25, 0.3) is 0 Å². The van der Waals surface area contributed by atoms with E-state index >= 15 is 0 Å². The fraction of sp³-hybridized carbons (Fsp3) is 1.00. The van der Waals surface area contributed by atoms with Gasteiger partial charge < -0.3 is 0 Å². The number of nitrogens with zero attached hydrogens (tertiary/aromatic N) is 1. The number of rotatable bonds is 1. The first-order chi connectivity index (χ1) is 4.61. The van der Waals surface area contributed by atoms with Crippen molar-refractivity contribution in [2.45, 2.75) is 19.3 Å². The lowest BCUT2D eigenvalue weighted by atomic mass is 10.2. The number of hydrogen-bond acceptors (Lipinski definition) is 2. The molecule has 0 spiro atoms. The highest BCUT2D eigenvalue weighted by Gasteiger charge is 2.15. The van der Waals surface area contributed by atoms with Crippen molar-refractivity contribution in [2.75, 3.05) is 13.1 Å². The third-order valence-electron chi connectivity index (χ3n) is 1.70. The van der Waals surface area contributed by atoms with E-state index in [0.29, 0.717) is 0 Å². The summed E-state index contributed by atoms with van der Waals surface area (Å²) in [5, 5.41) is 5.13. The minimum atomic E-state index is -2.89. The van der Waals surface area contributed by atoms with Crippen molar-refractivity contribution in [3.05, 3.63) is 0 Å². The molecule has 1 atom stereocenters. The molecule has 1 saturated heterocycles. The van der Waals surface area contributed by atoms with E-state index in [2.05, 4.69) is 0 Å². The molecular formula is C5H13N3OS. The van der Waals surface area contributed by atoms with Gasteiger partial charge >= 0.3 is 0 Å². The van der Waals surface area contributed by atoms with E-state index in [1.807, 2.05) is 0 Å². The fourth-order valence-electron chi connectivity index (χ4n) is 1.14. The Hall–Kier alpha value is -0.130. The van der Waals surface area contributed by atoms with Gasteiger partial charge in [-0.2, -0.15) is 0 Å². The normalized spacial score (nSPS) is 27.7. The lowest BCUT2D eigenvalue weighted by Crippen LogP contribution is -2.39. The zero-order chi connectivity index (χ0) is 7.61. The zero-order valence-corrected chi connectivity index (χ0v) is 6.69. The Bertz CT molecular complexity index is 193. The van der Waals surface area contributed by atoms with Crippen LogP contribution in [0.4, 0.5) is 0 Å². The van der Waals surface area contributed by atoms with Gasteiger partial charge in [-0.1, -0.05) is 6.42 Å². The van der Waals surface area contributed by atoms with Crippen molar-refractivity contribution >= 4 is 10.1 Å². The van der Waals surface area contributed by atoms with E-state index < -0.39 is 10.1 Å². The smallest absolute Gasteiger partial charge is 0.169 e. The molecule has 10 heavy (non-hydrogen) atoms. The maximum absolute atomic E-state index is 10.9. The fourth-order valence-corrected chi connectivity index (χ4v) is 1.94. The molecule has 1 fully saturated rings. The van der Waals surface area contributed by atoms with Gasteiger partial charge in [0, 0.05) is 13.1 Å². The monoisotopic (exact) mass is 163 g/mol. The first-order valence-corrected chi connectivity index (χ1v) is 5.00. The lowest BCUT2D eigenvalue weighted by molar-refractivity contribution is 0.361. The van der Waals surface area contributed by atoms with Crippen LogP contribution in [0.2, 0.25) is 0 Å². The lowest BCUT2D eigenvalue weighted by Gasteiger charge is -2.25. The summed E-state index contributed by atoms with van der Waals surface area (Å²) in [6.45, 7) is 1.44. The van der Waals surface area contributed by atoms with Crippen LogP contribution < -0.4 is 5.14 Å². The molecule has 1 heterocycles. The van der Waals surface area contributed by atoms with Gasteiger partial charge in [0.15, 0.2) is 10.1 Å².